The van der Waals surface area contributed by atoms with E-state index in [1.54, 1.807) is 14.0 Å². The van der Waals surface area contributed by atoms with Gasteiger partial charge in [0.05, 0.1) is 12.2 Å². The highest BCUT2D eigenvalue weighted by atomic mass is 16.8. The van der Waals surface area contributed by atoms with E-state index in [1.165, 1.54) is 0 Å². The van der Waals surface area contributed by atoms with Gasteiger partial charge in [-0.1, -0.05) is 0 Å². The number of aliphatic hydroxyl groups excluding tert-OH is 1. The van der Waals surface area contributed by atoms with Crippen LogP contribution in [0.3, 0.4) is 0 Å². The second kappa shape index (κ2) is 5.51. The summed E-state index contributed by atoms with van der Waals surface area (Å²) in [5, 5.41) is 9.63. The van der Waals surface area contributed by atoms with E-state index in [2.05, 4.69) is 0 Å². The predicted octanol–water partition coefficient (Wildman–Crippen LogP) is 1.40. The molecule has 0 saturated carbocycles. The van der Waals surface area contributed by atoms with Crippen molar-refractivity contribution in [3.63, 3.8) is 0 Å². The lowest BCUT2D eigenvalue weighted by molar-refractivity contribution is -0.183. The maximum absolute atomic E-state index is 9.63. The SMILES string of the molecule is CO[C@H]1OC(C)(C)O[C@H]1[C@@H]1OC(C)(C)O[C@@H]1C[C@@H](C)O. The van der Waals surface area contributed by atoms with Crippen LogP contribution in [0.15, 0.2) is 0 Å². The third-order valence-corrected chi connectivity index (χ3v) is 3.44. The van der Waals surface area contributed by atoms with Gasteiger partial charge in [0.2, 0.25) is 0 Å². The first-order valence-electron chi connectivity index (χ1n) is 7.06. The number of ether oxygens (including phenoxy) is 5. The largest absolute Gasteiger partial charge is 0.393 e. The van der Waals surface area contributed by atoms with E-state index in [0.29, 0.717) is 6.42 Å². The summed E-state index contributed by atoms with van der Waals surface area (Å²) in [6, 6.07) is 0. The van der Waals surface area contributed by atoms with Gasteiger partial charge in [0.1, 0.15) is 12.2 Å². The van der Waals surface area contributed by atoms with Gasteiger partial charge >= 0.3 is 0 Å². The molecule has 2 saturated heterocycles. The van der Waals surface area contributed by atoms with Crippen LogP contribution in [0.4, 0.5) is 0 Å². The zero-order valence-electron chi connectivity index (χ0n) is 13.1. The van der Waals surface area contributed by atoms with Gasteiger partial charge in [0.15, 0.2) is 17.9 Å². The maximum Gasteiger partial charge on any atom is 0.189 e. The summed E-state index contributed by atoms with van der Waals surface area (Å²) in [6.07, 6.45) is -1.50. The van der Waals surface area contributed by atoms with Crippen LogP contribution in [0.5, 0.6) is 0 Å². The van der Waals surface area contributed by atoms with Crippen molar-refractivity contribution in [2.24, 2.45) is 0 Å². The topological polar surface area (TPSA) is 66.4 Å². The Hall–Kier alpha value is -0.240. The summed E-state index contributed by atoms with van der Waals surface area (Å²) < 4.78 is 28.8. The summed E-state index contributed by atoms with van der Waals surface area (Å²) in [6.45, 7) is 9.11. The highest BCUT2D eigenvalue weighted by molar-refractivity contribution is 4.93. The highest BCUT2D eigenvalue weighted by Gasteiger charge is 2.54. The monoisotopic (exact) mass is 290 g/mol. The standard InChI is InChI=1S/C14H26O6/c1-8(15)7-9-10(18-13(2,3)17-9)11-12(16-6)20-14(4,5)19-11/h8-12,15H,7H2,1-6H3/t8-,9-,10-,11+,12+/m1/s1. The molecule has 0 aromatic rings. The molecule has 0 radical (unpaired) electrons. The molecule has 0 aromatic heterocycles. The molecule has 118 valence electrons. The lowest BCUT2D eigenvalue weighted by Crippen LogP contribution is -2.43. The van der Waals surface area contributed by atoms with E-state index in [-0.39, 0.29) is 18.3 Å². The summed E-state index contributed by atoms with van der Waals surface area (Å²) in [4.78, 5) is 0. The molecule has 0 aromatic carbocycles. The van der Waals surface area contributed by atoms with Crippen LogP contribution < -0.4 is 0 Å². The average molecular weight is 290 g/mol. The maximum atomic E-state index is 9.63. The third-order valence-electron chi connectivity index (χ3n) is 3.44. The van der Waals surface area contributed by atoms with Gasteiger partial charge in [0.25, 0.3) is 0 Å². The molecule has 2 heterocycles. The van der Waals surface area contributed by atoms with Crippen LogP contribution in [0.1, 0.15) is 41.0 Å². The Kier molecular flexibility index (Phi) is 4.45. The smallest absolute Gasteiger partial charge is 0.189 e. The quantitative estimate of drug-likeness (QED) is 0.844. The highest BCUT2D eigenvalue weighted by Crippen LogP contribution is 2.39. The molecule has 0 spiro atoms. The van der Waals surface area contributed by atoms with E-state index >= 15 is 0 Å². The molecule has 1 N–H and O–H groups in total. The molecular weight excluding hydrogens is 264 g/mol. The van der Waals surface area contributed by atoms with E-state index in [1.807, 2.05) is 27.7 Å². The molecule has 2 aliphatic rings. The Morgan fingerprint density at radius 1 is 1.00 bits per heavy atom. The Bertz CT molecular complexity index is 341. The zero-order valence-corrected chi connectivity index (χ0v) is 13.1. The number of rotatable bonds is 4. The minimum absolute atomic E-state index is 0.259. The minimum atomic E-state index is -0.725. The van der Waals surface area contributed by atoms with Crippen molar-refractivity contribution in [2.75, 3.05) is 7.11 Å². The van der Waals surface area contributed by atoms with Crippen molar-refractivity contribution in [3.05, 3.63) is 0 Å². The van der Waals surface area contributed by atoms with Crippen molar-refractivity contribution in [3.8, 4) is 0 Å². The lowest BCUT2D eigenvalue weighted by atomic mass is 10.0. The van der Waals surface area contributed by atoms with Crippen LogP contribution >= 0.6 is 0 Å². The average Bonchev–Trinajstić information content (AvgIpc) is 2.74. The van der Waals surface area contributed by atoms with Crippen LogP contribution in [0.2, 0.25) is 0 Å². The molecule has 2 aliphatic heterocycles. The molecule has 20 heavy (non-hydrogen) atoms. The second-order valence-electron chi connectivity index (χ2n) is 6.43. The Labute approximate surface area is 120 Å². The molecule has 6 heteroatoms. The molecule has 0 aliphatic carbocycles. The first-order valence-corrected chi connectivity index (χ1v) is 7.06. The lowest BCUT2D eigenvalue weighted by Gasteiger charge is -2.25. The van der Waals surface area contributed by atoms with Gasteiger partial charge in [-0.15, -0.1) is 0 Å². The van der Waals surface area contributed by atoms with E-state index < -0.39 is 24.0 Å². The first-order chi connectivity index (χ1) is 9.13. The van der Waals surface area contributed by atoms with Crippen LogP contribution in [0.25, 0.3) is 0 Å². The number of hydrogen-bond donors (Lipinski definition) is 1. The fraction of sp³-hybridized carbons (Fsp3) is 1.00. The molecule has 0 unspecified atom stereocenters. The predicted molar refractivity (Wildman–Crippen MR) is 71.0 cm³/mol. The van der Waals surface area contributed by atoms with Crippen molar-refractivity contribution in [1.82, 2.24) is 0 Å². The summed E-state index contributed by atoms with van der Waals surface area (Å²) in [5.74, 6) is -1.44. The van der Waals surface area contributed by atoms with Gasteiger partial charge in [-0.3, -0.25) is 0 Å². The van der Waals surface area contributed by atoms with Crippen LogP contribution in [-0.2, 0) is 23.7 Å². The first kappa shape index (κ1) is 16.1. The number of methoxy groups -OCH3 is 1. The minimum Gasteiger partial charge on any atom is -0.393 e. The third kappa shape index (κ3) is 3.50. The molecule has 5 atom stereocenters. The van der Waals surface area contributed by atoms with E-state index in [9.17, 15) is 5.11 Å². The Morgan fingerprint density at radius 3 is 2.10 bits per heavy atom. The van der Waals surface area contributed by atoms with Crippen molar-refractivity contribution in [2.45, 2.75) is 83.3 Å². The van der Waals surface area contributed by atoms with Gasteiger partial charge < -0.3 is 28.8 Å². The molecule has 0 amide bonds. The Morgan fingerprint density at radius 2 is 1.55 bits per heavy atom. The van der Waals surface area contributed by atoms with E-state index in [0.717, 1.165) is 0 Å². The summed E-state index contributed by atoms with van der Waals surface area (Å²) >= 11 is 0. The van der Waals surface area contributed by atoms with E-state index in [4.69, 9.17) is 23.7 Å². The molecule has 2 rings (SSSR count). The second-order valence-corrected chi connectivity index (χ2v) is 6.43. The zero-order chi connectivity index (χ0) is 15.1. The fourth-order valence-corrected chi connectivity index (χ4v) is 2.82. The Balaban J connectivity index is 2.15. The van der Waals surface area contributed by atoms with Gasteiger partial charge in [0, 0.05) is 13.5 Å². The van der Waals surface area contributed by atoms with Crippen molar-refractivity contribution in [1.29, 1.82) is 0 Å². The van der Waals surface area contributed by atoms with Crippen molar-refractivity contribution >= 4 is 0 Å². The van der Waals surface area contributed by atoms with Crippen LogP contribution in [-0.4, -0.2) is 54.5 Å². The molecule has 0 bridgehead atoms. The van der Waals surface area contributed by atoms with Crippen molar-refractivity contribution < 1.29 is 28.8 Å². The molecular formula is C14H26O6. The summed E-state index contributed by atoms with van der Waals surface area (Å²) in [7, 11) is 1.58. The summed E-state index contributed by atoms with van der Waals surface area (Å²) in [5.41, 5.74) is 0. The van der Waals surface area contributed by atoms with Gasteiger partial charge in [-0.2, -0.15) is 0 Å². The number of hydrogen-bond acceptors (Lipinski definition) is 6. The number of aliphatic hydroxyl groups is 1. The fourth-order valence-electron chi connectivity index (χ4n) is 2.82. The normalized spacial score (nSPS) is 41.0. The van der Waals surface area contributed by atoms with Crippen LogP contribution in [0, 0.1) is 0 Å². The molecule has 2 fully saturated rings. The molecule has 6 nitrogen and oxygen atoms in total. The van der Waals surface area contributed by atoms with Gasteiger partial charge in [-0.25, -0.2) is 0 Å². The van der Waals surface area contributed by atoms with Gasteiger partial charge in [-0.05, 0) is 34.6 Å².